The second kappa shape index (κ2) is 6.93. The van der Waals surface area contributed by atoms with Crippen molar-refractivity contribution in [1.82, 2.24) is 9.88 Å². The van der Waals surface area contributed by atoms with Crippen molar-refractivity contribution in [2.45, 2.75) is 25.8 Å². The second-order valence-corrected chi connectivity index (χ2v) is 5.29. The summed E-state index contributed by atoms with van der Waals surface area (Å²) in [6.07, 6.45) is 0.362. The predicted molar refractivity (Wildman–Crippen MR) is 83.7 cm³/mol. The quantitative estimate of drug-likeness (QED) is 0.861. The van der Waals surface area contributed by atoms with Crippen LogP contribution in [0.15, 0.2) is 42.5 Å². The number of amides is 1. The van der Waals surface area contributed by atoms with Crippen molar-refractivity contribution in [3.63, 3.8) is 0 Å². The van der Waals surface area contributed by atoms with Gasteiger partial charge in [0, 0.05) is 19.2 Å². The summed E-state index contributed by atoms with van der Waals surface area (Å²) in [5.74, 6) is -1.07. The summed E-state index contributed by atoms with van der Waals surface area (Å²) in [6, 6.07) is 12.8. The Labute approximate surface area is 129 Å². The highest BCUT2D eigenvalue weighted by atomic mass is 16.4. The van der Waals surface area contributed by atoms with Crippen molar-refractivity contribution in [1.29, 1.82) is 0 Å². The molecule has 0 saturated carbocycles. The molecule has 0 fully saturated rings. The third-order valence-corrected chi connectivity index (χ3v) is 3.76. The minimum atomic E-state index is -0.870. The van der Waals surface area contributed by atoms with E-state index in [1.807, 2.05) is 54.9 Å². The fourth-order valence-electron chi connectivity index (χ4n) is 2.35. The summed E-state index contributed by atoms with van der Waals surface area (Å²) in [7, 11) is 1.83. The van der Waals surface area contributed by atoms with Crippen molar-refractivity contribution >= 4 is 11.9 Å². The van der Waals surface area contributed by atoms with Gasteiger partial charge in [-0.25, -0.2) is 0 Å². The summed E-state index contributed by atoms with van der Waals surface area (Å²) in [6.45, 7) is 1.93. The Morgan fingerprint density at radius 1 is 1.18 bits per heavy atom. The molecule has 5 heteroatoms. The Morgan fingerprint density at radius 2 is 1.86 bits per heavy atom. The number of carboxylic acid groups (broad SMARTS) is 1. The first-order valence-electron chi connectivity index (χ1n) is 7.19. The average molecular weight is 300 g/mol. The summed E-state index contributed by atoms with van der Waals surface area (Å²) >= 11 is 0. The van der Waals surface area contributed by atoms with Gasteiger partial charge in [0.2, 0.25) is 0 Å². The number of carboxylic acids is 1. The number of hydrogen-bond donors (Lipinski definition) is 2. The maximum absolute atomic E-state index is 12.4. The van der Waals surface area contributed by atoms with Crippen molar-refractivity contribution in [3.05, 3.63) is 59.4 Å². The van der Waals surface area contributed by atoms with Gasteiger partial charge in [0.05, 0.1) is 6.04 Å². The van der Waals surface area contributed by atoms with Gasteiger partial charge in [-0.05, 0) is 31.0 Å². The van der Waals surface area contributed by atoms with E-state index in [0.29, 0.717) is 12.1 Å². The lowest BCUT2D eigenvalue weighted by Crippen LogP contribution is -2.30. The van der Waals surface area contributed by atoms with E-state index in [1.54, 1.807) is 6.07 Å². The summed E-state index contributed by atoms with van der Waals surface area (Å²) in [5.41, 5.74) is 2.46. The number of hydrogen-bond acceptors (Lipinski definition) is 2. The smallest absolute Gasteiger partial charge is 0.303 e. The molecule has 1 amide bonds. The third-order valence-electron chi connectivity index (χ3n) is 3.76. The van der Waals surface area contributed by atoms with Gasteiger partial charge < -0.3 is 15.0 Å². The largest absolute Gasteiger partial charge is 0.481 e. The molecule has 0 aliphatic rings. The van der Waals surface area contributed by atoms with Gasteiger partial charge in [-0.2, -0.15) is 0 Å². The van der Waals surface area contributed by atoms with Gasteiger partial charge in [0.15, 0.2) is 0 Å². The zero-order chi connectivity index (χ0) is 16.1. The van der Waals surface area contributed by atoms with Crippen molar-refractivity contribution in [3.8, 4) is 0 Å². The maximum atomic E-state index is 12.4. The molecule has 1 heterocycles. The highest BCUT2D eigenvalue weighted by molar-refractivity contribution is 5.93. The molecule has 0 spiro atoms. The monoisotopic (exact) mass is 300 g/mol. The third kappa shape index (κ3) is 3.75. The Hall–Kier alpha value is -2.56. The van der Waals surface area contributed by atoms with E-state index in [2.05, 4.69) is 5.32 Å². The van der Waals surface area contributed by atoms with Crippen LogP contribution in [0.1, 0.15) is 40.6 Å². The fourth-order valence-corrected chi connectivity index (χ4v) is 2.35. The summed E-state index contributed by atoms with van der Waals surface area (Å²) in [5, 5.41) is 11.8. The molecule has 1 unspecified atom stereocenters. The van der Waals surface area contributed by atoms with E-state index in [9.17, 15) is 9.59 Å². The minimum Gasteiger partial charge on any atom is -0.481 e. The predicted octanol–water partition coefficient (Wildman–Crippen LogP) is 2.67. The number of rotatable bonds is 6. The Morgan fingerprint density at radius 3 is 2.41 bits per heavy atom. The Kier molecular flexibility index (Phi) is 4.99. The summed E-state index contributed by atoms with van der Waals surface area (Å²) < 4.78 is 1.81. The molecule has 1 aromatic carbocycles. The lowest BCUT2D eigenvalue weighted by atomic mass is 10.0. The molecule has 0 saturated heterocycles. The van der Waals surface area contributed by atoms with E-state index < -0.39 is 5.97 Å². The van der Waals surface area contributed by atoms with Crippen molar-refractivity contribution in [2.24, 2.45) is 7.05 Å². The van der Waals surface area contributed by atoms with Crippen LogP contribution in [0, 0.1) is 6.92 Å². The number of carbonyl (C=O) groups excluding carboxylic acids is 1. The van der Waals surface area contributed by atoms with Crippen LogP contribution in [0.25, 0.3) is 0 Å². The molecule has 116 valence electrons. The topological polar surface area (TPSA) is 71.3 Å². The van der Waals surface area contributed by atoms with Gasteiger partial charge in [0.25, 0.3) is 5.91 Å². The number of nitrogens with one attached hydrogen (secondary N) is 1. The van der Waals surface area contributed by atoms with E-state index in [0.717, 1.165) is 11.3 Å². The molecule has 2 N–H and O–H groups in total. The second-order valence-electron chi connectivity index (χ2n) is 5.29. The van der Waals surface area contributed by atoms with Gasteiger partial charge in [0.1, 0.15) is 5.69 Å². The van der Waals surface area contributed by atoms with E-state index in [-0.39, 0.29) is 18.4 Å². The van der Waals surface area contributed by atoms with Crippen LogP contribution in [0.4, 0.5) is 0 Å². The first-order chi connectivity index (χ1) is 10.5. The van der Waals surface area contributed by atoms with Crippen LogP contribution < -0.4 is 5.32 Å². The fraction of sp³-hybridized carbons (Fsp3) is 0.294. The first kappa shape index (κ1) is 15.8. The number of aromatic nitrogens is 1. The number of nitrogens with zero attached hydrogens (tertiary/aromatic N) is 1. The highest BCUT2D eigenvalue weighted by Gasteiger charge is 2.18. The molecular weight excluding hydrogens is 280 g/mol. The van der Waals surface area contributed by atoms with Crippen LogP contribution in [0.5, 0.6) is 0 Å². The van der Waals surface area contributed by atoms with E-state index in [4.69, 9.17) is 5.11 Å². The molecule has 0 aliphatic carbocycles. The lowest BCUT2D eigenvalue weighted by Gasteiger charge is -2.19. The Bertz CT molecular complexity index is 662. The van der Waals surface area contributed by atoms with Crippen LogP contribution in [-0.4, -0.2) is 21.6 Å². The molecule has 5 nitrogen and oxygen atoms in total. The SMILES string of the molecule is Cc1ccc(C(=O)NC(CCC(=O)O)c2ccccc2)n1C. The lowest BCUT2D eigenvalue weighted by molar-refractivity contribution is -0.137. The standard InChI is InChI=1S/C17H20N2O3/c1-12-8-10-15(19(12)2)17(22)18-14(9-11-16(20)21)13-6-4-3-5-7-13/h3-8,10,14H,9,11H2,1-2H3,(H,18,22)(H,20,21). The molecule has 1 atom stereocenters. The van der Waals surface area contributed by atoms with Gasteiger partial charge in [-0.15, -0.1) is 0 Å². The molecule has 2 aromatic rings. The van der Waals surface area contributed by atoms with E-state index >= 15 is 0 Å². The highest BCUT2D eigenvalue weighted by Crippen LogP contribution is 2.19. The van der Waals surface area contributed by atoms with Gasteiger partial charge in [-0.1, -0.05) is 30.3 Å². The van der Waals surface area contributed by atoms with Crippen LogP contribution >= 0.6 is 0 Å². The van der Waals surface area contributed by atoms with Crippen molar-refractivity contribution in [2.75, 3.05) is 0 Å². The van der Waals surface area contributed by atoms with Crippen LogP contribution in [0.2, 0.25) is 0 Å². The molecule has 1 aromatic heterocycles. The van der Waals surface area contributed by atoms with Crippen molar-refractivity contribution < 1.29 is 14.7 Å². The summed E-state index contributed by atoms with van der Waals surface area (Å²) in [4.78, 5) is 23.3. The zero-order valence-corrected chi connectivity index (χ0v) is 12.7. The number of aliphatic carboxylic acids is 1. The number of carbonyl (C=O) groups is 2. The van der Waals surface area contributed by atoms with E-state index in [1.165, 1.54) is 0 Å². The molecule has 0 bridgehead atoms. The first-order valence-corrected chi connectivity index (χ1v) is 7.19. The average Bonchev–Trinajstić information content (AvgIpc) is 2.84. The van der Waals surface area contributed by atoms with Crippen LogP contribution in [-0.2, 0) is 11.8 Å². The Balaban J connectivity index is 2.17. The molecule has 0 radical (unpaired) electrons. The maximum Gasteiger partial charge on any atom is 0.303 e. The molecule has 0 aliphatic heterocycles. The van der Waals surface area contributed by atoms with Crippen LogP contribution in [0.3, 0.4) is 0 Å². The molecule has 2 rings (SSSR count). The number of benzene rings is 1. The normalized spacial score (nSPS) is 11.9. The molecule has 22 heavy (non-hydrogen) atoms. The number of aryl methyl sites for hydroxylation is 1. The van der Waals surface area contributed by atoms with Gasteiger partial charge >= 0.3 is 5.97 Å². The zero-order valence-electron chi connectivity index (χ0n) is 12.7. The molecular formula is C17H20N2O3. The van der Waals surface area contributed by atoms with Gasteiger partial charge in [-0.3, -0.25) is 9.59 Å². The minimum absolute atomic E-state index is 0.00596.